The molecule has 0 saturated heterocycles. The van der Waals surface area contributed by atoms with E-state index in [1.54, 1.807) is 0 Å². The van der Waals surface area contributed by atoms with Crippen molar-refractivity contribution in [1.82, 2.24) is 0 Å². The SMILES string of the molecule is N[C@H](c1ccccc1)c1ccc(-c2ccccc2)cc1. The van der Waals surface area contributed by atoms with Crippen LogP contribution in [0.5, 0.6) is 0 Å². The molecule has 1 heteroatoms. The molecular weight excluding hydrogens is 242 g/mol. The molecule has 0 aliphatic heterocycles. The van der Waals surface area contributed by atoms with E-state index in [1.165, 1.54) is 11.1 Å². The number of nitrogens with two attached hydrogens (primary N) is 1. The zero-order valence-electron chi connectivity index (χ0n) is 11.2. The second-order valence-electron chi connectivity index (χ2n) is 4.88. The van der Waals surface area contributed by atoms with Crippen LogP contribution in [0.15, 0.2) is 84.9 Å². The van der Waals surface area contributed by atoms with Crippen LogP contribution in [-0.2, 0) is 0 Å². The predicted molar refractivity (Wildman–Crippen MR) is 84.4 cm³/mol. The van der Waals surface area contributed by atoms with Crippen LogP contribution < -0.4 is 5.73 Å². The molecule has 1 nitrogen and oxygen atoms in total. The van der Waals surface area contributed by atoms with Crippen LogP contribution in [0, 0.1) is 0 Å². The predicted octanol–water partition coefficient (Wildman–Crippen LogP) is 4.40. The molecule has 0 bridgehead atoms. The van der Waals surface area contributed by atoms with Crippen LogP contribution in [0.3, 0.4) is 0 Å². The normalized spacial score (nSPS) is 12.1. The first kappa shape index (κ1) is 12.6. The standard InChI is InChI=1S/C19H17N/c20-19(17-9-5-2-6-10-17)18-13-11-16(12-14-18)15-7-3-1-4-8-15/h1-14,19H,20H2/t19-/m1/s1. The van der Waals surface area contributed by atoms with Gasteiger partial charge in [0.2, 0.25) is 0 Å². The Labute approximate surface area is 119 Å². The number of hydrogen-bond donors (Lipinski definition) is 1. The van der Waals surface area contributed by atoms with E-state index in [0.29, 0.717) is 0 Å². The summed E-state index contributed by atoms with van der Waals surface area (Å²) < 4.78 is 0. The lowest BCUT2D eigenvalue weighted by Crippen LogP contribution is -2.11. The molecule has 0 radical (unpaired) electrons. The molecule has 0 heterocycles. The first-order valence-electron chi connectivity index (χ1n) is 6.80. The van der Waals surface area contributed by atoms with Crippen molar-refractivity contribution in [1.29, 1.82) is 0 Å². The summed E-state index contributed by atoms with van der Waals surface area (Å²) >= 11 is 0. The van der Waals surface area contributed by atoms with Gasteiger partial charge in [-0.15, -0.1) is 0 Å². The molecule has 0 saturated carbocycles. The third kappa shape index (κ3) is 2.63. The van der Waals surface area contributed by atoms with Crippen LogP contribution in [0.4, 0.5) is 0 Å². The summed E-state index contributed by atoms with van der Waals surface area (Å²) in [5.41, 5.74) is 11.0. The Morgan fingerprint density at radius 3 is 1.55 bits per heavy atom. The fraction of sp³-hybridized carbons (Fsp3) is 0.0526. The zero-order valence-corrected chi connectivity index (χ0v) is 11.2. The number of hydrogen-bond acceptors (Lipinski definition) is 1. The van der Waals surface area contributed by atoms with Crippen LogP contribution in [0.25, 0.3) is 11.1 Å². The highest BCUT2D eigenvalue weighted by atomic mass is 14.6. The smallest absolute Gasteiger partial charge is 0.0551 e. The van der Waals surface area contributed by atoms with E-state index in [1.807, 2.05) is 24.3 Å². The zero-order chi connectivity index (χ0) is 13.8. The Hall–Kier alpha value is -2.38. The molecule has 2 N–H and O–H groups in total. The first-order valence-corrected chi connectivity index (χ1v) is 6.80. The molecule has 3 aromatic rings. The van der Waals surface area contributed by atoms with Crippen molar-refractivity contribution >= 4 is 0 Å². The van der Waals surface area contributed by atoms with Crippen molar-refractivity contribution in [2.75, 3.05) is 0 Å². The van der Waals surface area contributed by atoms with E-state index in [4.69, 9.17) is 5.73 Å². The van der Waals surface area contributed by atoms with E-state index in [2.05, 4.69) is 60.7 Å². The van der Waals surface area contributed by atoms with Gasteiger partial charge >= 0.3 is 0 Å². The van der Waals surface area contributed by atoms with Gasteiger partial charge in [-0.2, -0.15) is 0 Å². The molecule has 0 fully saturated rings. The van der Waals surface area contributed by atoms with Crippen LogP contribution in [0.2, 0.25) is 0 Å². The summed E-state index contributed by atoms with van der Waals surface area (Å²) in [6.07, 6.45) is 0. The number of benzene rings is 3. The van der Waals surface area contributed by atoms with Gasteiger partial charge in [0.1, 0.15) is 0 Å². The first-order chi connectivity index (χ1) is 9.84. The van der Waals surface area contributed by atoms with Gasteiger partial charge in [-0.3, -0.25) is 0 Å². The van der Waals surface area contributed by atoms with Crippen LogP contribution in [-0.4, -0.2) is 0 Å². The largest absolute Gasteiger partial charge is 0.320 e. The van der Waals surface area contributed by atoms with Crippen molar-refractivity contribution in [2.24, 2.45) is 5.73 Å². The molecule has 0 aromatic heterocycles. The lowest BCUT2D eigenvalue weighted by Gasteiger charge is -2.13. The maximum absolute atomic E-state index is 6.31. The average molecular weight is 259 g/mol. The summed E-state index contributed by atoms with van der Waals surface area (Å²) in [5.74, 6) is 0. The van der Waals surface area contributed by atoms with Gasteiger partial charge in [0.25, 0.3) is 0 Å². The molecule has 3 aromatic carbocycles. The molecule has 0 spiro atoms. The van der Waals surface area contributed by atoms with Crippen molar-refractivity contribution in [2.45, 2.75) is 6.04 Å². The molecule has 98 valence electrons. The molecular formula is C19H17N. The molecule has 0 aliphatic carbocycles. The van der Waals surface area contributed by atoms with Crippen molar-refractivity contribution in [3.63, 3.8) is 0 Å². The Morgan fingerprint density at radius 2 is 0.950 bits per heavy atom. The summed E-state index contributed by atoms with van der Waals surface area (Å²) in [6, 6.07) is 29.0. The average Bonchev–Trinajstić information content (AvgIpc) is 2.56. The minimum atomic E-state index is -0.0685. The van der Waals surface area contributed by atoms with E-state index in [-0.39, 0.29) is 6.04 Å². The lowest BCUT2D eigenvalue weighted by atomic mass is 9.97. The van der Waals surface area contributed by atoms with Crippen molar-refractivity contribution in [3.8, 4) is 11.1 Å². The highest BCUT2D eigenvalue weighted by Crippen LogP contribution is 2.24. The van der Waals surface area contributed by atoms with E-state index < -0.39 is 0 Å². The monoisotopic (exact) mass is 259 g/mol. The summed E-state index contributed by atoms with van der Waals surface area (Å²) in [6.45, 7) is 0. The maximum atomic E-state index is 6.31. The van der Waals surface area contributed by atoms with E-state index >= 15 is 0 Å². The van der Waals surface area contributed by atoms with Gasteiger partial charge in [0.15, 0.2) is 0 Å². The molecule has 3 rings (SSSR count). The molecule has 1 atom stereocenters. The third-order valence-electron chi connectivity index (χ3n) is 3.54. The molecule has 20 heavy (non-hydrogen) atoms. The van der Waals surface area contributed by atoms with Gasteiger partial charge < -0.3 is 5.73 Å². The van der Waals surface area contributed by atoms with Gasteiger partial charge in [-0.05, 0) is 22.3 Å². The Bertz CT molecular complexity index is 657. The summed E-state index contributed by atoms with van der Waals surface area (Å²) in [4.78, 5) is 0. The lowest BCUT2D eigenvalue weighted by molar-refractivity contribution is 0.872. The number of rotatable bonds is 3. The molecule has 0 unspecified atom stereocenters. The fourth-order valence-corrected chi connectivity index (χ4v) is 2.37. The van der Waals surface area contributed by atoms with Crippen LogP contribution >= 0.6 is 0 Å². The minimum absolute atomic E-state index is 0.0685. The second-order valence-corrected chi connectivity index (χ2v) is 4.88. The Morgan fingerprint density at radius 1 is 0.500 bits per heavy atom. The van der Waals surface area contributed by atoms with E-state index in [9.17, 15) is 0 Å². The maximum Gasteiger partial charge on any atom is 0.0551 e. The quantitative estimate of drug-likeness (QED) is 0.741. The summed E-state index contributed by atoms with van der Waals surface area (Å²) in [7, 11) is 0. The second kappa shape index (κ2) is 5.72. The summed E-state index contributed by atoms with van der Waals surface area (Å²) in [5, 5.41) is 0. The molecule has 0 amide bonds. The van der Waals surface area contributed by atoms with Crippen LogP contribution in [0.1, 0.15) is 17.2 Å². The topological polar surface area (TPSA) is 26.0 Å². The molecule has 0 aliphatic rings. The van der Waals surface area contributed by atoms with Gasteiger partial charge in [0.05, 0.1) is 6.04 Å². The van der Waals surface area contributed by atoms with Gasteiger partial charge in [-0.1, -0.05) is 84.9 Å². The Balaban J connectivity index is 1.87. The van der Waals surface area contributed by atoms with E-state index in [0.717, 1.165) is 11.1 Å². The fourth-order valence-electron chi connectivity index (χ4n) is 2.37. The Kier molecular flexibility index (Phi) is 3.62. The van der Waals surface area contributed by atoms with Crippen molar-refractivity contribution in [3.05, 3.63) is 96.1 Å². The van der Waals surface area contributed by atoms with Gasteiger partial charge in [-0.25, -0.2) is 0 Å². The highest BCUT2D eigenvalue weighted by molar-refractivity contribution is 5.63. The minimum Gasteiger partial charge on any atom is -0.320 e. The van der Waals surface area contributed by atoms with Crippen molar-refractivity contribution < 1.29 is 0 Å². The highest BCUT2D eigenvalue weighted by Gasteiger charge is 2.08. The third-order valence-corrected chi connectivity index (χ3v) is 3.54. The van der Waals surface area contributed by atoms with Gasteiger partial charge in [0, 0.05) is 0 Å².